The predicted molar refractivity (Wildman–Crippen MR) is 104 cm³/mol. The first-order chi connectivity index (χ1) is 12.2. The minimum atomic E-state index is 0.250. The van der Waals surface area contributed by atoms with Gasteiger partial charge in [0.25, 0.3) is 0 Å². The van der Waals surface area contributed by atoms with E-state index >= 15 is 0 Å². The first-order valence-electron chi connectivity index (χ1n) is 9.23. The summed E-state index contributed by atoms with van der Waals surface area (Å²) in [5, 5.41) is 4.19. The summed E-state index contributed by atoms with van der Waals surface area (Å²) in [5.41, 5.74) is 1.73. The smallest absolute Gasteiger partial charge is 0.226 e. The van der Waals surface area contributed by atoms with Crippen molar-refractivity contribution in [1.82, 2.24) is 15.0 Å². The first kappa shape index (κ1) is 21.1. The molecule has 0 amide bonds. The standard InChI is InChI=1S/C15H20N4O2.2C2H6/c1-9-7-12-13(15(17-9)20-3)14(19-10(2)18-12)16-8-11-5-4-6-21-11;2*1-2/h7,11H,4-6,8H2,1-3H3,(H,16,18,19);2*1-2H3. The van der Waals surface area contributed by atoms with Crippen LogP contribution in [0.15, 0.2) is 6.07 Å². The second-order valence-corrected chi connectivity index (χ2v) is 5.30. The number of hydrogen-bond donors (Lipinski definition) is 1. The molecular formula is C19H32N4O2. The number of nitrogens with one attached hydrogen (secondary N) is 1. The zero-order valence-electron chi connectivity index (χ0n) is 16.6. The summed E-state index contributed by atoms with van der Waals surface area (Å²) in [5.74, 6) is 2.04. The number of nitrogens with zero attached hydrogens (tertiary/aromatic N) is 3. The fourth-order valence-corrected chi connectivity index (χ4v) is 2.65. The molecule has 1 aliphatic rings. The Hall–Kier alpha value is -1.95. The Morgan fingerprint density at radius 3 is 2.48 bits per heavy atom. The van der Waals surface area contributed by atoms with Crippen LogP contribution in [-0.4, -0.2) is 41.3 Å². The van der Waals surface area contributed by atoms with E-state index in [0.717, 1.165) is 54.2 Å². The minimum absolute atomic E-state index is 0.250. The lowest BCUT2D eigenvalue weighted by atomic mass is 10.2. The molecule has 1 saturated heterocycles. The van der Waals surface area contributed by atoms with Crippen LogP contribution in [0.3, 0.4) is 0 Å². The van der Waals surface area contributed by atoms with E-state index in [1.54, 1.807) is 7.11 Å². The average Bonchev–Trinajstić information content (AvgIpc) is 3.15. The van der Waals surface area contributed by atoms with Crippen molar-refractivity contribution in [2.24, 2.45) is 0 Å². The van der Waals surface area contributed by atoms with Crippen molar-refractivity contribution >= 4 is 16.7 Å². The maximum absolute atomic E-state index is 5.64. The van der Waals surface area contributed by atoms with Gasteiger partial charge in [-0.05, 0) is 32.8 Å². The van der Waals surface area contributed by atoms with Gasteiger partial charge in [-0.3, -0.25) is 0 Å². The molecule has 1 N–H and O–H groups in total. The normalized spacial score (nSPS) is 15.7. The molecule has 1 aliphatic heterocycles. The van der Waals surface area contributed by atoms with Gasteiger partial charge in [0.1, 0.15) is 17.0 Å². The Morgan fingerprint density at radius 2 is 1.88 bits per heavy atom. The van der Waals surface area contributed by atoms with Gasteiger partial charge in [-0.25, -0.2) is 15.0 Å². The fourth-order valence-electron chi connectivity index (χ4n) is 2.65. The molecule has 0 bridgehead atoms. The molecule has 2 aromatic heterocycles. The zero-order chi connectivity index (χ0) is 18.8. The van der Waals surface area contributed by atoms with E-state index in [0.29, 0.717) is 5.88 Å². The number of ether oxygens (including phenoxy) is 2. The van der Waals surface area contributed by atoms with Gasteiger partial charge >= 0.3 is 0 Å². The van der Waals surface area contributed by atoms with Gasteiger partial charge in [0.2, 0.25) is 5.88 Å². The lowest BCUT2D eigenvalue weighted by Gasteiger charge is -2.15. The summed E-state index contributed by atoms with van der Waals surface area (Å²) in [4.78, 5) is 13.4. The Morgan fingerprint density at radius 1 is 1.16 bits per heavy atom. The molecule has 25 heavy (non-hydrogen) atoms. The van der Waals surface area contributed by atoms with Crippen LogP contribution in [0, 0.1) is 13.8 Å². The van der Waals surface area contributed by atoms with Crippen LogP contribution in [0.4, 0.5) is 5.82 Å². The van der Waals surface area contributed by atoms with Gasteiger partial charge in [0, 0.05) is 18.8 Å². The second kappa shape index (κ2) is 10.8. The average molecular weight is 348 g/mol. The molecule has 3 heterocycles. The van der Waals surface area contributed by atoms with Crippen LogP contribution in [-0.2, 0) is 4.74 Å². The Kier molecular flexibility index (Phi) is 9.13. The summed E-state index contributed by atoms with van der Waals surface area (Å²) in [6.07, 6.45) is 2.46. The van der Waals surface area contributed by atoms with E-state index in [1.165, 1.54) is 0 Å². The van der Waals surface area contributed by atoms with Gasteiger partial charge in [-0.15, -0.1) is 0 Å². The second-order valence-electron chi connectivity index (χ2n) is 5.30. The number of anilines is 1. The molecule has 2 aromatic rings. The maximum atomic E-state index is 5.64. The van der Waals surface area contributed by atoms with Crippen molar-refractivity contribution in [2.75, 3.05) is 25.6 Å². The summed E-state index contributed by atoms with van der Waals surface area (Å²) in [6.45, 7) is 13.4. The number of fused-ring (bicyclic) bond motifs is 1. The molecule has 1 unspecified atom stereocenters. The van der Waals surface area contributed by atoms with Crippen LogP contribution in [0.25, 0.3) is 10.9 Å². The lowest BCUT2D eigenvalue weighted by Crippen LogP contribution is -2.19. The van der Waals surface area contributed by atoms with E-state index in [9.17, 15) is 0 Å². The van der Waals surface area contributed by atoms with Gasteiger partial charge in [-0.1, -0.05) is 27.7 Å². The van der Waals surface area contributed by atoms with Crippen molar-refractivity contribution in [3.63, 3.8) is 0 Å². The van der Waals surface area contributed by atoms with Crippen LogP contribution >= 0.6 is 0 Å². The molecular weight excluding hydrogens is 316 g/mol. The molecule has 0 saturated carbocycles. The summed E-state index contributed by atoms with van der Waals surface area (Å²) < 4.78 is 11.0. The van der Waals surface area contributed by atoms with E-state index in [1.807, 2.05) is 47.6 Å². The molecule has 1 fully saturated rings. The molecule has 140 valence electrons. The van der Waals surface area contributed by atoms with E-state index < -0.39 is 0 Å². The monoisotopic (exact) mass is 348 g/mol. The highest BCUT2D eigenvalue weighted by Crippen LogP contribution is 2.29. The minimum Gasteiger partial charge on any atom is -0.480 e. The molecule has 0 spiro atoms. The Labute approximate surface area is 151 Å². The highest BCUT2D eigenvalue weighted by Gasteiger charge is 2.18. The zero-order valence-corrected chi connectivity index (χ0v) is 16.6. The highest BCUT2D eigenvalue weighted by atomic mass is 16.5. The van der Waals surface area contributed by atoms with E-state index in [4.69, 9.17) is 9.47 Å². The number of aromatic nitrogens is 3. The van der Waals surface area contributed by atoms with Crippen molar-refractivity contribution in [3.05, 3.63) is 17.6 Å². The largest absolute Gasteiger partial charge is 0.480 e. The van der Waals surface area contributed by atoms with Gasteiger partial charge in [0.15, 0.2) is 0 Å². The molecule has 6 nitrogen and oxygen atoms in total. The lowest BCUT2D eigenvalue weighted by molar-refractivity contribution is 0.120. The van der Waals surface area contributed by atoms with Gasteiger partial charge < -0.3 is 14.8 Å². The molecule has 6 heteroatoms. The van der Waals surface area contributed by atoms with Crippen molar-refractivity contribution in [1.29, 1.82) is 0 Å². The topological polar surface area (TPSA) is 69.2 Å². The molecule has 0 radical (unpaired) electrons. The van der Waals surface area contributed by atoms with Crippen LogP contribution in [0.1, 0.15) is 52.1 Å². The maximum Gasteiger partial charge on any atom is 0.226 e. The first-order valence-corrected chi connectivity index (χ1v) is 9.23. The van der Waals surface area contributed by atoms with Gasteiger partial charge in [0.05, 0.1) is 18.7 Å². The van der Waals surface area contributed by atoms with E-state index in [-0.39, 0.29) is 6.10 Å². The molecule has 0 aliphatic carbocycles. The number of pyridine rings is 1. The van der Waals surface area contributed by atoms with E-state index in [2.05, 4.69) is 20.3 Å². The SMILES string of the molecule is CC.CC.COc1nc(C)cc2nc(C)nc(NCC3CCCO3)c12. The van der Waals surface area contributed by atoms with Crippen LogP contribution < -0.4 is 10.1 Å². The molecule has 3 rings (SSSR count). The molecule has 0 aromatic carbocycles. The van der Waals surface area contributed by atoms with Gasteiger partial charge in [-0.2, -0.15) is 0 Å². The predicted octanol–water partition coefficient (Wildman–Crippen LogP) is 4.29. The quantitative estimate of drug-likeness (QED) is 0.889. The third-order valence-corrected chi connectivity index (χ3v) is 3.60. The number of methoxy groups -OCH3 is 1. The van der Waals surface area contributed by atoms with Crippen molar-refractivity contribution in [3.8, 4) is 5.88 Å². The fraction of sp³-hybridized carbons (Fsp3) is 0.632. The number of rotatable bonds is 4. The summed E-state index contributed by atoms with van der Waals surface area (Å²) in [6, 6.07) is 1.95. The van der Waals surface area contributed by atoms with Crippen LogP contribution in [0.5, 0.6) is 5.88 Å². The number of aryl methyl sites for hydroxylation is 2. The summed E-state index contributed by atoms with van der Waals surface area (Å²) in [7, 11) is 1.62. The number of hydrogen-bond acceptors (Lipinski definition) is 6. The third-order valence-electron chi connectivity index (χ3n) is 3.60. The Balaban J connectivity index is 0.000000730. The third kappa shape index (κ3) is 5.53. The van der Waals surface area contributed by atoms with Crippen molar-refractivity contribution < 1.29 is 9.47 Å². The summed E-state index contributed by atoms with van der Waals surface area (Å²) >= 11 is 0. The van der Waals surface area contributed by atoms with Crippen molar-refractivity contribution in [2.45, 2.75) is 60.5 Å². The molecule has 1 atom stereocenters. The highest BCUT2D eigenvalue weighted by molar-refractivity contribution is 5.93. The Bertz CT molecular complexity index is 650. The van der Waals surface area contributed by atoms with Crippen LogP contribution in [0.2, 0.25) is 0 Å².